The molecular formula is C18H19NO2. The fraction of sp³-hybridized carbons (Fsp3) is 0.278. The van der Waals surface area contributed by atoms with Crippen LogP contribution in [0.5, 0.6) is 5.75 Å². The summed E-state index contributed by atoms with van der Waals surface area (Å²) in [7, 11) is 1.68. The molecule has 0 saturated heterocycles. The van der Waals surface area contributed by atoms with E-state index in [9.17, 15) is 4.79 Å². The van der Waals surface area contributed by atoms with E-state index in [0.29, 0.717) is 0 Å². The van der Waals surface area contributed by atoms with E-state index in [1.54, 1.807) is 14.0 Å². The van der Waals surface area contributed by atoms with E-state index < -0.39 is 0 Å². The molecular weight excluding hydrogens is 262 g/mol. The van der Waals surface area contributed by atoms with Crippen LogP contribution in [0.2, 0.25) is 0 Å². The van der Waals surface area contributed by atoms with Crippen LogP contribution >= 0.6 is 0 Å². The van der Waals surface area contributed by atoms with Gasteiger partial charge >= 0.3 is 0 Å². The number of aromatic nitrogens is 1. The van der Waals surface area contributed by atoms with Crippen LogP contribution in [0.15, 0.2) is 36.4 Å². The van der Waals surface area contributed by atoms with Crippen LogP contribution in [-0.4, -0.2) is 17.5 Å². The minimum Gasteiger partial charge on any atom is -0.497 e. The second kappa shape index (κ2) is 5.24. The number of carbonyl (C=O) groups excluding carboxylic acids is 1. The lowest BCUT2D eigenvalue weighted by Gasteiger charge is -2.06. The van der Waals surface area contributed by atoms with Crippen molar-refractivity contribution in [3.8, 4) is 5.75 Å². The molecule has 0 aliphatic carbocycles. The fourth-order valence-corrected chi connectivity index (χ4v) is 2.89. The van der Waals surface area contributed by atoms with E-state index in [-0.39, 0.29) is 5.78 Å². The van der Waals surface area contributed by atoms with Crippen LogP contribution in [0.4, 0.5) is 0 Å². The molecule has 0 bridgehead atoms. The molecule has 0 radical (unpaired) electrons. The molecule has 3 rings (SSSR count). The van der Waals surface area contributed by atoms with Crippen molar-refractivity contribution in [2.75, 3.05) is 7.11 Å². The van der Waals surface area contributed by atoms with Crippen LogP contribution in [0, 0.1) is 0 Å². The summed E-state index contributed by atoms with van der Waals surface area (Å²) >= 11 is 0. The Kier molecular flexibility index (Phi) is 3.42. The maximum absolute atomic E-state index is 11.6. The van der Waals surface area contributed by atoms with Gasteiger partial charge in [0.1, 0.15) is 5.75 Å². The Morgan fingerprint density at radius 1 is 1.10 bits per heavy atom. The van der Waals surface area contributed by atoms with Crippen LogP contribution < -0.4 is 4.74 Å². The van der Waals surface area contributed by atoms with Crippen LogP contribution in [0.25, 0.3) is 21.8 Å². The molecule has 108 valence electrons. The van der Waals surface area contributed by atoms with Gasteiger partial charge in [0.05, 0.1) is 12.6 Å². The molecule has 3 heteroatoms. The normalized spacial score (nSPS) is 11.2. The number of fused-ring (bicyclic) bond motifs is 3. The molecule has 0 atom stereocenters. The molecule has 2 aromatic carbocycles. The van der Waals surface area contributed by atoms with Gasteiger partial charge in [-0.25, -0.2) is 0 Å². The second-order valence-electron chi connectivity index (χ2n) is 5.32. The summed E-state index contributed by atoms with van der Waals surface area (Å²) in [6.45, 7) is 4.73. The maximum atomic E-state index is 11.6. The first-order valence-electron chi connectivity index (χ1n) is 7.26. The Balaban J connectivity index is 2.39. The Bertz CT molecular complexity index is 830. The smallest absolute Gasteiger partial charge is 0.159 e. The van der Waals surface area contributed by atoms with Crippen molar-refractivity contribution < 1.29 is 9.53 Å². The number of hydrogen-bond acceptors (Lipinski definition) is 2. The zero-order chi connectivity index (χ0) is 15.0. The van der Waals surface area contributed by atoms with E-state index in [1.807, 2.05) is 24.3 Å². The van der Waals surface area contributed by atoms with Crippen molar-refractivity contribution >= 4 is 27.6 Å². The molecule has 1 heterocycles. The van der Waals surface area contributed by atoms with Crippen LogP contribution in [0.1, 0.15) is 30.6 Å². The van der Waals surface area contributed by atoms with E-state index in [4.69, 9.17) is 4.74 Å². The SMILES string of the molecule is CCCn1c2ccc(C(C)=O)cc2c2ccc(OC)cc21. The Hall–Kier alpha value is -2.29. The van der Waals surface area contributed by atoms with Gasteiger partial charge in [-0.3, -0.25) is 4.79 Å². The summed E-state index contributed by atoms with van der Waals surface area (Å²) in [5, 5.41) is 2.30. The highest BCUT2D eigenvalue weighted by Gasteiger charge is 2.12. The quantitative estimate of drug-likeness (QED) is 0.663. The van der Waals surface area contributed by atoms with Crippen molar-refractivity contribution in [2.24, 2.45) is 0 Å². The van der Waals surface area contributed by atoms with Gasteiger partial charge in [-0.05, 0) is 43.7 Å². The number of hydrogen-bond donors (Lipinski definition) is 0. The molecule has 0 amide bonds. The summed E-state index contributed by atoms with van der Waals surface area (Å²) in [6.07, 6.45) is 1.06. The summed E-state index contributed by atoms with van der Waals surface area (Å²) in [5.41, 5.74) is 3.09. The van der Waals surface area contributed by atoms with Crippen LogP contribution in [-0.2, 0) is 6.54 Å². The number of ether oxygens (including phenoxy) is 1. The first kappa shape index (κ1) is 13.7. The van der Waals surface area contributed by atoms with Crippen molar-refractivity contribution in [3.05, 3.63) is 42.0 Å². The summed E-state index contributed by atoms with van der Waals surface area (Å²) < 4.78 is 7.65. The Morgan fingerprint density at radius 3 is 2.57 bits per heavy atom. The van der Waals surface area contributed by atoms with Gasteiger partial charge in [0, 0.05) is 34.5 Å². The van der Waals surface area contributed by atoms with Gasteiger partial charge in [-0.1, -0.05) is 6.92 Å². The zero-order valence-corrected chi connectivity index (χ0v) is 12.6. The first-order chi connectivity index (χ1) is 10.2. The zero-order valence-electron chi connectivity index (χ0n) is 12.6. The van der Waals surface area contributed by atoms with Crippen molar-refractivity contribution in [3.63, 3.8) is 0 Å². The van der Waals surface area contributed by atoms with Crippen molar-refractivity contribution in [1.82, 2.24) is 4.57 Å². The molecule has 1 aromatic heterocycles. The third-order valence-corrected chi connectivity index (χ3v) is 3.93. The molecule has 0 N–H and O–H groups in total. The molecule has 0 unspecified atom stereocenters. The maximum Gasteiger partial charge on any atom is 0.159 e. The average molecular weight is 281 g/mol. The lowest BCUT2D eigenvalue weighted by atomic mass is 10.1. The molecule has 0 spiro atoms. The van der Waals surface area contributed by atoms with Gasteiger partial charge in [0.25, 0.3) is 0 Å². The molecule has 0 aliphatic rings. The standard InChI is InChI=1S/C18H19NO2/c1-4-9-19-17-8-5-13(12(2)20)10-16(17)15-7-6-14(21-3)11-18(15)19/h5-8,10-11H,4,9H2,1-3H3. The summed E-state index contributed by atoms with van der Waals surface area (Å²) in [4.78, 5) is 11.6. The molecule has 3 nitrogen and oxygen atoms in total. The topological polar surface area (TPSA) is 31.2 Å². The molecule has 0 fully saturated rings. The van der Waals surface area contributed by atoms with E-state index in [2.05, 4.69) is 23.6 Å². The van der Waals surface area contributed by atoms with E-state index in [1.165, 1.54) is 10.9 Å². The highest BCUT2D eigenvalue weighted by molar-refractivity contribution is 6.11. The number of carbonyl (C=O) groups is 1. The van der Waals surface area contributed by atoms with Gasteiger partial charge < -0.3 is 9.30 Å². The van der Waals surface area contributed by atoms with Gasteiger partial charge in [-0.2, -0.15) is 0 Å². The minimum absolute atomic E-state index is 0.0989. The number of nitrogens with zero attached hydrogens (tertiary/aromatic N) is 1. The Morgan fingerprint density at radius 2 is 1.90 bits per heavy atom. The third-order valence-electron chi connectivity index (χ3n) is 3.93. The largest absolute Gasteiger partial charge is 0.497 e. The monoisotopic (exact) mass is 281 g/mol. The number of ketones is 1. The lowest BCUT2D eigenvalue weighted by molar-refractivity contribution is 0.101. The van der Waals surface area contributed by atoms with Crippen molar-refractivity contribution in [1.29, 1.82) is 0 Å². The number of methoxy groups -OCH3 is 1. The second-order valence-corrected chi connectivity index (χ2v) is 5.32. The van der Waals surface area contributed by atoms with Crippen LogP contribution in [0.3, 0.4) is 0 Å². The van der Waals surface area contributed by atoms with Crippen molar-refractivity contribution in [2.45, 2.75) is 26.8 Å². The van der Waals surface area contributed by atoms with E-state index in [0.717, 1.165) is 35.2 Å². The number of Topliss-reactive ketones (excluding diaryl/α,β-unsaturated/α-hetero) is 1. The molecule has 21 heavy (non-hydrogen) atoms. The Labute approximate surface area is 124 Å². The summed E-state index contributed by atoms with van der Waals surface area (Å²) in [5.74, 6) is 0.955. The molecule has 0 aliphatic heterocycles. The highest BCUT2D eigenvalue weighted by atomic mass is 16.5. The predicted octanol–water partition coefficient (Wildman–Crippen LogP) is 4.42. The fourth-order valence-electron chi connectivity index (χ4n) is 2.89. The predicted molar refractivity (Wildman–Crippen MR) is 86.3 cm³/mol. The number of rotatable bonds is 4. The third kappa shape index (κ3) is 2.19. The first-order valence-corrected chi connectivity index (χ1v) is 7.26. The highest BCUT2D eigenvalue weighted by Crippen LogP contribution is 2.32. The van der Waals surface area contributed by atoms with Gasteiger partial charge in [0.15, 0.2) is 5.78 Å². The lowest BCUT2D eigenvalue weighted by Crippen LogP contribution is -1.97. The molecule has 3 aromatic rings. The molecule has 0 saturated carbocycles. The van der Waals surface area contributed by atoms with Gasteiger partial charge in [-0.15, -0.1) is 0 Å². The number of benzene rings is 2. The van der Waals surface area contributed by atoms with Gasteiger partial charge in [0.2, 0.25) is 0 Å². The number of aryl methyl sites for hydroxylation is 1. The summed E-state index contributed by atoms with van der Waals surface area (Å²) in [6, 6.07) is 12.1. The van der Waals surface area contributed by atoms with E-state index >= 15 is 0 Å². The average Bonchev–Trinajstić information content (AvgIpc) is 2.80. The minimum atomic E-state index is 0.0989.